The Morgan fingerprint density at radius 1 is 1.26 bits per heavy atom. The molecule has 6 heteroatoms. The summed E-state index contributed by atoms with van der Waals surface area (Å²) in [6.45, 7) is 1.01. The lowest BCUT2D eigenvalue weighted by atomic mass is 10.2. The van der Waals surface area contributed by atoms with E-state index in [1.807, 2.05) is 0 Å². The van der Waals surface area contributed by atoms with E-state index in [4.69, 9.17) is 15.2 Å². The van der Waals surface area contributed by atoms with Gasteiger partial charge >= 0.3 is 0 Å². The lowest BCUT2D eigenvalue weighted by Crippen LogP contribution is -2.23. The highest BCUT2D eigenvalue weighted by Gasteiger charge is 2.24. The van der Waals surface area contributed by atoms with E-state index >= 15 is 0 Å². The van der Waals surface area contributed by atoms with E-state index in [9.17, 15) is 8.42 Å². The van der Waals surface area contributed by atoms with E-state index in [1.54, 1.807) is 24.3 Å². The fraction of sp³-hybridized carbons (Fsp3) is 0.538. The number of sulfone groups is 1. The summed E-state index contributed by atoms with van der Waals surface area (Å²) in [6.07, 6.45) is 3.31. The number of rotatable bonds is 5. The van der Waals surface area contributed by atoms with Gasteiger partial charge in [-0.05, 0) is 37.1 Å². The first kappa shape index (κ1) is 14.3. The molecule has 1 aromatic carbocycles. The van der Waals surface area contributed by atoms with Crippen molar-refractivity contribution in [3.63, 3.8) is 0 Å². The molecule has 0 aromatic heterocycles. The minimum atomic E-state index is -3.15. The molecule has 1 heterocycles. The molecule has 19 heavy (non-hydrogen) atoms. The summed E-state index contributed by atoms with van der Waals surface area (Å²) < 4.78 is 33.9. The van der Waals surface area contributed by atoms with Gasteiger partial charge < -0.3 is 15.2 Å². The highest BCUT2D eigenvalue weighted by atomic mass is 32.2. The normalized spacial score (nSPS) is 23.5. The second kappa shape index (κ2) is 5.90. The predicted molar refractivity (Wildman–Crippen MR) is 72.0 cm³/mol. The van der Waals surface area contributed by atoms with Gasteiger partial charge in [0.25, 0.3) is 0 Å². The van der Waals surface area contributed by atoms with Crippen LogP contribution < -0.4 is 10.5 Å². The molecule has 0 radical (unpaired) electrons. The highest BCUT2D eigenvalue weighted by Crippen LogP contribution is 2.21. The monoisotopic (exact) mass is 285 g/mol. The van der Waals surface area contributed by atoms with Gasteiger partial charge in [-0.3, -0.25) is 0 Å². The molecule has 0 saturated carbocycles. The summed E-state index contributed by atoms with van der Waals surface area (Å²) in [7, 11) is -3.15. The third-order valence-corrected chi connectivity index (χ3v) is 4.27. The first-order valence-corrected chi connectivity index (χ1v) is 8.16. The number of nitrogens with two attached hydrogens (primary N) is 1. The first-order chi connectivity index (χ1) is 8.99. The minimum absolute atomic E-state index is 0.0723. The fourth-order valence-electron chi connectivity index (χ4n) is 2.05. The molecule has 1 aliphatic rings. The Morgan fingerprint density at radius 3 is 2.42 bits per heavy atom. The summed E-state index contributed by atoms with van der Waals surface area (Å²) in [5.41, 5.74) is 5.54. The Morgan fingerprint density at radius 2 is 1.89 bits per heavy atom. The van der Waals surface area contributed by atoms with E-state index < -0.39 is 9.84 Å². The van der Waals surface area contributed by atoms with Crippen molar-refractivity contribution in [2.24, 2.45) is 5.73 Å². The Kier molecular flexibility index (Phi) is 4.44. The van der Waals surface area contributed by atoms with Crippen molar-refractivity contribution >= 4 is 9.84 Å². The van der Waals surface area contributed by atoms with Gasteiger partial charge in [0.2, 0.25) is 0 Å². The van der Waals surface area contributed by atoms with E-state index in [1.165, 1.54) is 6.26 Å². The average Bonchev–Trinajstić information content (AvgIpc) is 2.84. The summed E-state index contributed by atoms with van der Waals surface area (Å²) >= 11 is 0. The molecule has 1 aliphatic heterocycles. The van der Waals surface area contributed by atoms with E-state index in [2.05, 4.69) is 0 Å². The fourth-order valence-corrected chi connectivity index (χ4v) is 2.68. The number of hydrogen-bond acceptors (Lipinski definition) is 5. The van der Waals surface area contributed by atoms with Gasteiger partial charge in [0.05, 0.1) is 17.1 Å². The molecule has 0 aliphatic carbocycles. The molecule has 1 aromatic rings. The lowest BCUT2D eigenvalue weighted by molar-refractivity contribution is 0.0222. The maximum absolute atomic E-state index is 11.3. The summed E-state index contributed by atoms with van der Waals surface area (Å²) in [6, 6.07) is 6.41. The summed E-state index contributed by atoms with van der Waals surface area (Å²) in [5.74, 6) is 0.646. The maximum atomic E-state index is 11.3. The van der Waals surface area contributed by atoms with Crippen LogP contribution in [0.4, 0.5) is 0 Å². The lowest BCUT2D eigenvalue weighted by Gasteiger charge is -2.13. The number of ether oxygens (including phenoxy) is 2. The van der Waals surface area contributed by atoms with Crippen LogP contribution in [-0.4, -0.2) is 40.0 Å². The molecule has 2 N–H and O–H groups in total. The topological polar surface area (TPSA) is 78.6 Å². The zero-order chi connectivity index (χ0) is 13.9. The van der Waals surface area contributed by atoms with Gasteiger partial charge in [-0.25, -0.2) is 8.42 Å². The van der Waals surface area contributed by atoms with Crippen LogP contribution in [0.2, 0.25) is 0 Å². The average molecular weight is 285 g/mol. The first-order valence-electron chi connectivity index (χ1n) is 6.27. The molecule has 2 atom stereocenters. The third-order valence-electron chi connectivity index (χ3n) is 3.15. The molecule has 0 amide bonds. The van der Waals surface area contributed by atoms with Gasteiger partial charge in [-0.15, -0.1) is 0 Å². The Labute approximate surface area is 113 Å². The minimum Gasteiger partial charge on any atom is -0.491 e. The molecule has 2 unspecified atom stereocenters. The van der Waals surface area contributed by atoms with Crippen LogP contribution in [0.5, 0.6) is 5.75 Å². The van der Waals surface area contributed by atoms with Gasteiger partial charge in [0, 0.05) is 12.8 Å². The van der Waals surface area contributed by atoms with Crippen molar-refractivity contribution in [3.8, 4) is 5.75 Å². The van der Waals surface area contributed by atoms with E-state index in [-0.39, 0.29) is 12.2 Å². The van der Waals surface area contributed by atoms with E-state index in [0.717, 1.165) is 12.8 Å². The molecule has 2 rings (SSSR count). The van der Waals surface area contributed by atoms with Crippen molar-refractivity contribution in [3.05, 3.63) is 24.3 Å². The number of hydrogen-bond donors (Lipinski definition) is 1. The van der Waals surface area contributed by atoms with E-state index in [0.29, 0.717) is 23.8 Å². The smallest absolute Gasteiger partial charge is 0.175 e. The molecule has 106 valence electrons. The highest BCUT2D eigenvalue weighted by molar-refractivity contribution is 7.90. The maximum Gasteiger partial charge on any atom is 0.175 e. The summed E-state index contributed by atoms with van der Waals surface area (Å²) in [5, 5.41) is 0. The second-order valence-electron chi connectivity index (χ2n) is 4.75. The van der Waals surface area contributed by atoms with Crippen LogP contribution in [0.15, 0.2) is 29.2 Å². The van der Waals surface area contributed by atoms with Crippen molar-refractivity contribution in [1.82, 2.24) is 0 Å². The van der Waals surface area contributed by atoms with Crippen LogP contribution >= 0.6 is 0 Å². The van der Waals surface area contributed by atoms with Gasteiger partial charge in [0.15, 0.2) is 9.84 Å². The Balaban J connectivity index is 1.87. The van der Waals surface area contributed by atoms with Crippen molar-refractivity contribution in [1.29, 1.82) is 0 Å². The summed E-state index contributed by atoms with van der Waals surface area (Å²) in [4.78, 5) is 0.292. The molecular weight excluding hydrogens is 266 g/mol. The van der Waals surface area contributed by atoms with Gasteiger partial charge in [0.1, 0.15) is 12.4 Å². The molecule has 1 saturated heterocycles. The van der Waals surface area contributed by atoms with Crippen LogP contribution in [0.1, 0.15) is 12.8 Å². The molecule has 1 fully saturated rings. The van der Waals surface area contributed by atoms with Crippen LogP contribution in [-0.2, 0) is 14.6 Å². The Bertz CT molecular complexity index is 512. The van der Waals surface area contributed by atoms with Gasteiger partial charge in [-0.1, -0.05) is 0 Å². The molecular formula is C13H19NO4S. The van der Waals surface area contributed by atoms with Crippen LogP contribution in [0.25, 0.3) is 0 Å². The zero-order valence-corrected chi connectivity index (χ0v) is 11.7. The van der Waals surface area contributed by atoms with Crippen LogP contribution in [0, 0.1) is 0 Å². The molecule has 0 spiro atoms. The number of benzene rings is 1. The molecule has 0 bridgehead atoms. The Hall–Kier alpha value is -1.11. The standard InChI is InChI=1S/C13H19NO4S/c1-19(15,16)13-6-4-10(5-7-13)17-9-12-3-2-11(8-14)18-12/h4-7,11-12H,2-3,8-9,14H2,1H3. The van der Waals surface area contributed by atoms with Gasteiger partial charge in [-0.2, -0.15) is 0 Å². The van der Waals surface area contributed by atoms with Crippen molar-refractivity contribution in [2.75, 3.05) is 19.4 Å². The SMILES string of the molecule is CS(=O)(=O)c1ccc(OCC2CCC(CN)O2)cc1. The largest absolute Gasteiger partial charge is 0.491 e. The second-order valence-corrected chi connectivity index (χ2v) is 6.76. The third kappa shape index (κ3) is 3.92. The van der Waals surface area contributed by atoms with Crippen LogP contribution in [0.3, 0.4) is 0 Å². The predicted octanol–water partition coefficient (Wildman–Crippen LogP) is 0.975. The zero-order valence-electron chi connectivity index (χ0n) is 10.9. The van der Waals surface area contributed by atoms with Crippen molar-refractivity contribution < 1.29 is 17.9 Å². The quantitative estimate of drug-likeness (QED) is 0.872. The van der Waals surface area contributed by atoms with Crippen molar-refractivity contribution in [2.45, 2.75) is 29.9 Å². The molecule has 5 nitrogen and oxygen atoms in total.